The van der Waals surface area contributed by atoms with Crippen LogP contribution in [0.2, 0.25) is 0 Å². The van der Waals surface area contributed by atoms with Crippen LogP contribution in [0.15, 0.2) is 46.9 Å². The topological polar surface area (TPSA) is 69.4 Å². The molecule has 1 aromatic heterocycles. The van der Waals surface area contributed by atoms with Crippen LogP contribution in [0.5, 0.6) is 11.5 Å². The maximum absolute atomic E-state index is 5.65. The molecule has 0 fully saturated rings. The number of aryl methyl sites for hydroxylation is 1. The first-order valence-electron chi connectivity index (χ1n) is 7.09. The smallest absolute Gasteiger partial charge is 0.320 e. The Morgan fingerprint density at radius 1 is 0.913 bits per heavy atom. The number of rotatable bonds is 5. The van der Waals surface area contributed by atoms with Crippen LogP contribution in [-0.4, -0.2) is 24.4 Å². The standard InChI is InChI=1S/C17H17N3O3/c1-11-4-7-13(8-5-11)18-17-20-19-16(23-17)12-6-9-14(21-2)15(10-12)22-3/h4-10H,1-3H3,(H,18,20). The minimum absolute atomic E-state index is 0.332. The first kappa shape index (κ1) is 14.9. The Kier molecular flexibility index (Phi) is 4.14. The highest BCUT2D eigenvalue weighted by Gasteiger charge is 2.12. The van der Waals surface area contributed by atoms with Crippen molar-refractivity contribution < 1.29 is 13.9 Å². The second kappa shape index (κ2) is 6.39. The summed E-state index contributed by atoms with van der Waals surface area (Å²) in [5.74, 6) is 1.66. The summed E-state index contributed by atoms with van der Waals surface area (Å²) < 4.78 is 16.1. The number of nitrogens with zero attached hydrogens (tertiary/aromatic N) is 2. The molecule has 1 N–H and O–H groups in total. The van der Waals surface area contributed by atoms with Crippen molar-refractivity contribution in [2.75, 3.05) is 19.5 Å². The minimum atomic E-state index is 0.332. The molecule has 0 aliphatic rings. The van der Waals surface area contributed by atoms with E-state index in [1.807, 2.05) is 37.3 Å². The highest BCUT2D eigenvalue weighted by Crippen LogP contribution is 2.32. The second-order valence-electron chi connectivity index (χ2n) is 4.97. The van der Waals surface area contributed by atoms with Crippen molar-refractivity contribution in [3.05, 3.63) is 48.0 Å². The van der Waals surface area contributed by atoms with Crippen LogP contribution in [-0.2, 0) is 0 Å². The molecule has 6 heteroatoms. The monoisotopic (exact) mass is 311 g/mol. The summed E-state index contributed by atoms with van der Waals surface area (Å²) in [4.78, 5) is 0. The van der Waals surface area contributed by atoms with Crippen molar-refractivity contribution in [2.24, 2.45) is 0 Å². The fraction of sp³-hybridized carbons (Fsp3) is 0.176. The Labute approximate surface area is 134 Å². The summed E-state index contributed by atoms with van der Waals surface area (Å²) in [6, 6.07) is 13.7. The van der Waals surface area contributed by atoms with Gasteiger partial charge < -0.3 is 19.2 Å². The third-order valence-corrected chi connectivity index (χ3v) is 3.36. The molecular formula is C17H17N3O3. The van der Waals surface area contributed by atoms with Gasteiger partial charge in [0.05, 0.1) is 14.2 Å². The summed E-state index contributed by atoms with van der Waals surface area (Å²) in [7, 11) is 3.17. The lowest BCUT2D eigenvalue weighted by Gasteiger charge is -2.07. The van der Waals surface area contributed by atoms with E-state index >= 15 is 0 Å². The number of nitrogens with one attached hydrogen (secondary N) is 1. The molecule has 0 radical (unpaired) electrons. The summed E-state index contributed by atoms with van der Waals surface area (Å²) in [6.07, 6.45) is 0. The van der Waals surface area contributed by atoms with Gasteiger partial charge in [0.2, 0.25) is 5.89 Å². The molecule has 0 spiro atoms. The average Bonchev–Trinajstić information content (AvgIpc) is 3.05. The van der Waals surface area contributed by atoms with Crippen molar-refractivity contribution in [3.63, 3.8) is 0 Å². The lowest BCUT2D eigenvalue weighted by molar-refractivity contribution is 0.355. The molecule has 0 aliphatic carbocycles. The van der Waals surface area contributed by atoms with E-state index in [0.29, 0.717) is 23.4 Å². The normalized spacial score (nSPS) is 10.4. The van der Waals surface area contributed by atoms with Crippen LogP contribution in [0.4, 0.5) is 11.7 Å². The Balaban J connectivity index is 1.82. The average molecular weight is 311 g/mol. The molecular weight excluding hydrogens is 294 g/mol. The molecule has 3 aromatic rings. The molecule has 0 amide bonds. The zero-order valence-corrected chi connectivity index (χ0v) is 13.2. The minimum Gasteiger partial charge on any atom is -0.493 e. The van der Waals surface area contributed by atoms with Gasteiger partial charge in [-0.15, -0.1) is 5.10 Å². The van der Waals surface area contributed by atoms with Gasteiger partial charge in [0.1, 0.15) is 0 Å². The van der Waals surface area contributed by atoms with Gasteiger partial charge >= 0.3 is 6.01 Å². The molecule has 0 bridgehead atoms. The zero-order chi connectivity index (χ0) is 16.2. The van der Waals surface area contributed by atoms with Gasteiger partial charge in [-0.25, -0.2) is 0 Å². The number of aromatic nitrogens is 2. The van der Waals surface area contributed by atoms with E-state index in [4.69, 9.17) is 13.9 Å². The first-order valence-corrected chi connectivity index (χ1v) is 7.09. The lowest BCUT2D eigenvalue weighted by Crippen LogP contribution is -1.90. The quantitative estimate of drug-likeness (QED) is 0.773. The summed E-state index contributed by atoms with van der Waals surface area (Å²) in [6.45, 7) is 2.03. The van der Waals surface area contributed by atoms with E-state index in [0.717, 1.165) is 11.3 Å². The van der Waals surface area contributed by atoms with Gasteiger partial charge in [0.25, 0.3) is 0 Å². The molecule has 0 saturated heterocycles. The van der Waals surface area contributed by atoms with Crippen molar-refractivity contribution in [2.45, 2.75) is 6.92 Å². The Morgan fingerprint density at radius 2 is 1.65 bits per heavy atom. The van der Waals surface area contributed by atoms with E-state index in [-0.39, 0.29) is 0 Å². The zero-order valence-electron chi connectivity index (χ0n) is 13.2. The van der Waals surface area contributed by atoms with Crippen LogP contribution in [0.1, 0.15) is 5.56 Å². The van der Waals surface area contributed by atoms with Crippen LogP contribution in [0.3, 0.4) is 0 Å². The second-order valence-corrected chi connectivity index (χ2v) is 4.97. The number of hydrogen-bond acceptors (Lipinski definition) is 6. The van der Waals surface area contributed by atoms with Crippen LogP contribution in [0, 0.1) is 6.92 Å². The van der Waals surface area contributed by atoms with E-state index < -0.39 is 0 Å². The third-order valence-electron chi connectivity index (χ3n) is 3.36. The molecule has 0 aliphatic heterocycles. The molecule has 3 rings (SSSR count). The molecule has 0 saturated carbocycles. The predicted octanol–water partition coefficient (Wildman–Crippen LogP) is 3.81. The first-order chi connectivity index (χ1) is 11.2. The molecule has 0 unspecified atom stereocenters. The number of anilines is 2. The van der Waals surface area contributed by atoms with E-state index in [1.54, 1.807) is 26.4 Å². The van der Waals surface area contributed by atoms with Gasteiger partial charge in [0.15, 0.2) is 11.5 Å². The Morgan fingerprint density at radius 3 is 2.35 bits per heavy atom. The molecule has 118 valence electrons. The molecule has 0 atom stereocenters. The fourth-order valence-electron chi connectivity index (χ4n) is 2.12. The van der Waals surface area contributed by atoms with Gasteiger partial charge in [-0.3, -0.25) is 0 Å². The van der Waals surface area contributed by atoms with E-state index in [2.05, 4.69) is 15.5 Å². The number of hydrogen-bond donors (Lipinski definition) is 1. The fourth-order valence-corrected chi connectivity index (χ4v) is 2.12. The maximum Gasteiger partial charge on any atom is 0.320 e. The Hall–Kier alpha value is -3.02. The number of ether oxygens (including phenoxy) is 2. The number of methoxy groups -OCH3 is 2. The van der Waals surface area contributed by atoms with Gasteiger partial charge in [-0.1, -0.05) is 22.8 Å². The SMILES string of the molecule is COc1ccc(-c2nnc(Nc3ccc(C)cc3)o2)cc1OC. The van der Waals surface area contributed by atoms with Gasteiger partial charge in [0, 0.05) is 11.3 Å². The van der Waals surface area contributed by atoms with Crippen molar-refractivity contribution in [3.8, 4) is 23.0 Å². The molecule has 1 heterocycles. The third kappa shape index (κ3) is 3.26. The lowest BCUT2D eigenvalue weighted by atomic mass is 10.2. The number of benzene rings is 2. The van der Waals surface area contributed by atoms with Crippen LogP contribution < -0.4 is 14.8 Å². The van der Waals surface area contributed by atoms with E-state index in [1.165, 1.54) is 5.56 Å². The summed E-state index contributed by atoms with van der Waals surface area (Å²) in [5, 5.41) is 11.1. The van der Waals surface area contributed by atoms with Crippen molar-refractivity contribution in [1.29, 1.82) is 0 Å². The van der Waals surface area contributed by atoms with Crippen molar-refractivity contribution >= 4 is 11.7 Å². The summed E-state index contributed by atoms with van der Waals surface area (Å²) >= 11 is 0. The highest BCUT2D eigenvalue weighted by atomic mass is 16.5. The van der Waals surface area contributed by atoms with Gasteiger partial charge in [-0.2, -0.15) is 0 Å². The van der Waals surface area contributed by atoms with Crippen molar-refractivity contribution in [1.82, 2.24) is 10.2 Å². The highest BCUT2D eigenvalue weighted by molar-refractivity contribution is 5.61. The molecule has 2 aromatic carbocycles. The van der Waals surface area contributed by atoms with Crippen LogP contribution in [0.25, 0.3) is 11.5 Å². The predicted molar refractivity (Wildman–Crippen MR) is 87.3 cm³/mol. The van der Waals surface area contributed by atoms with E-state index in [9.17, 15) is 0 Å². The molecule has 6 nitrogen and oxygen atoms in total. The van der Waals surface area contributed by atoms with Gasteiger partial charge in [-0.05, 0) is 37.3 Å². The summed E-state index contributed by atoms with van der Waals surface area (Å²) in [5.41, 5.74) is 2.83. The largest absolute Gasteiger partial charge is 0.493 e. The maximum atomic E-state index is 5.65. The Bertz CT molecular complexity index is 797. The van der Waals surface area contributed by atoms with Crippen LogP contribution >= 0.6 is 0 Å². The molecule has 23 heavy (non-hydrogen) atoms.